The molecule has 50 heavy (non-hydrogen) atoms. The average molecular weight is 687 g/mol. The van der Waals surface area contributed by atoms with Crippen LogP contribution in [-0.4, -0.2) is 60.8 Å². The van der Waals surface area contributed by atoms with Gasteiger partial charge in [-0.25, -0.2) is 9.59 Å². The van der Waals surface area contributed by atoms with Crippen LogP contribution in [0.15, 0.2) is 24.3 Å². The zero-order valence-electron chi connectivity index (χ0n) is 30.0. The van der Waals surface area contributed by atoms with Gasteiger partial charge in [0.25, 0.3) is 0 Å². The first-order valence-corrected chi connectivity index (χ1v) is 17.5. The number of carbonyl (C=O) groups is 2. The number of cyclic esters (lactones) is 2. The van der Waals surface area contributed by atoms with Crippen LogP contribution in [0.2, 0.25) is 0 Å². The molecule has 0 radical (unpaired) electrons. The van der Waals surface area contributed by atoms with Crippen molar-refractivity contribution in [2.45, 2.75) is 104 Å². The predicted octanol–water partition coefficient (Wildman–Crippen LogP) is 8.43. The molecule has 4 aromatic carbocycles. The summed E-state index contributed by atoms with van der Waals surface area (Å²) in [5.41, 5.74) is 2.62. The summed E-state index contributed by atoms with van der Waals surface area (Å²) in [5.74, 6) is -0.147. The minimum atomic E-state index is -0.484. The quantitative estimate of drug-likeness (QED) is 0.148. The lowest BCUT2D eigenvalue weighted by molar-refractivity contribution is 0.0222. The third-order valence-electron chi connectivity index (χ3n) is 9.26. The van der Waals surface area contributed by atoms with E-state index in [0.717, 1.165) is 12.8 Å². The van der Waals surface area contributed by atoms with Crippen LogP contribution in [-0.2, 0) is 22.3 Å². The Morgan fingerprint density at radius 3 is 1.36 bits per heavy atom. The SMILES string of the molecule is CCC[C@@H]1Cc2cc3c(-c4c(O)cc(OC(C)C)c5c(OC)c6c(cc45)C[C@@H](CCC)OC6=O)c(O)cc(OC(C)C)c3c(OC)c2C(=O)O1. The van der Waals surface area contributed by atoms with Crippen LogP contribution in [0.25, 0.3) is 32.7 Å². The van der Waals surface area contributed by atoms with E-state index in [1.54, 1.807) is 0 Å². The summed E-state index contributed by atoms with van der Waals surface area (Å²) in [6.45, 7) is 11.5. The van der Waals surface area contributed by atoms with E-state index in [-0.39, 0.29) is 47.4 Å². The van der Waals surface area contributed by atoms with Gasteiger partial charge in [-0.15, -0.1) is 0 Å². The van der Waals surface area contributed by atoms with Crippen molar-refractivity contribution in [3.8, 4) is 45.6 Å². The summed E-state index contributed by atoms with van der Waals surface area (Å²) in [6, 6.07) is 6.70. The van der Waals surface area contributed by atoms with Crippen molar-refractivity contribution in [3.63, 3.8) is 0 Å². The van der Waals surface area contributed by atoms with Crippen LogP contribution in [0, 0.1) is 0 Å². The molecule has 2 heterocycles. The second kappa shape index (κ2) is 13.8. The lowest BCUT2D eigenvalue weighted by Crippen LogP contribution is -2.28. The molecule has 2 atom stereocenters. The van der Waals surface area contributed by atoms with Crippen molar-refractivity contribution >= 4 is 33.5 Å². The minimum Gasteiger partial charge on any atom is -0.507 e. The van der Waals surface area contributed by atoms with E-state index in [1.165, 1.54) is 26.4 Å². The largest absolute Gasteiger partial charge is 0.507 e. The van der Waals surface area contributed by atoms with Gasteiger partial charge in [-0.1, -0.05) is 26.7 Å². The van der Waals surface area contributed by atoms with Gasteiger partial charge in [0.05, 0.1) is 37.2 Å². The van der Waals surface area contributed by atoms with Gasteiger partial charge in [-0.3, -0.25) is 0 Å². The number of hydrogen-bond donors (Lipinski definition) is 2. The van der Waals surface area contributed by atoms with Crippen LogP contribution >= 0.6 is 0 Å². The summed E-state index contributed by atoms with van der Waals surface area (Å²) in [5, 5.41) is 25.9. The van der Waals surface area contributed by atoms with Gasteiger partial charge < -0.3 is 38.6 Å². The van der Waals surface area contributed by atoms with Crippen molar-refractivity contribution in [1.82, 2.24) is 0 Å². The number of aromatic hydroxyl groups is 2. The number of carbonyl (C=O) groups excluding carboxylic acids is 2. The van der Waals surface area contributed by atoms with Crippen molar-refractivity contribution < 1.29 is 48.2 Å². The molecule has 0 amide bonds. The van der Waals surface area contributed by atoms with Crippen molar-refractivity contribution in [3.05, 3.63) is 46.5 Å². The van der Waals surface area contributed by atoms with E-state index in [0.29, 0.717) is 92.1 Å². The normalized spacial score (nSPS) is 17.1. The summed E-state index contributed by atoms with van der Waals surface area (Å²) < 4.78 is 36.0. The molecule has 0 saturated heterocycles. The number of methoxy groups -OCH3 is 2. The van der Waals surface area contributed by atoms with Crippen LogP contribution in [0.3, 0.4) is 0 Å². The van der Waals surface area contributed by atoms with E-state index in [2.05, 4.69) is 0 Å². The summed E-state index contributed by atoms with van der Waals surface area (Å²) in [4.78, 5) is 27.0. The highest BCUT2D eigenvalue weighted by Crippen LogP contribution is 2.55. The van der Waals surface area contributed by atoms with Gasteiger partial charge in [-0.05, 0) is 63.8 Å². The number of hydrogen-bond acceptors (Lipinski definition) is 10. The Balaban J connectivity index is 1.77. The van der Waals surface area contributed by atoms with E-state index < -0.39 is 11.9 Å². The third kappa shape index (κ3) is 5.98. The molecule has 0 bridgehead atoms. The molecular formula is C40H46O10. The summed E-state index contributed by atoms with van der Waals surface area (Å²) >= 11 is 0. The van der Waals surface area contributed by atoms with Gasteiger partial charge in [-0.2, -0.15) is 0 Å². The van der Waals surface area contributed by atoms with Crippen LogP contribution in [0.5, 0.6) is 34.5 Å². The monoisotopic (exact) mass is 686 g/mol. The van der Waals surface area contributed by atoms with Crippen molar-refractivity contribution in [2.24, 2.45) is 0 Å². The zero-order valence-corrected chi connectivity index (χ0v) is 30.0. The predicted molar refractivity (Wildman–Crippen MR) is 190 cm³/mol. The molecule has 266 valence electrons. The molecule has 10 nitrogen and oxygen atoms in total. The molecule has 2 N–H and O–H groups in total. The highest BCUT2D eigenvalue weighted by molar-refractivity contribution is 6.18. The first-order chi connectivity index (χ1) is 23.9. The number of fused-ring (bicyclic) bond motifs is 4. The molecule has 2 aliphatic rings. The highest BCUT2D eigenvalue weighted by atomic mass is 16.6. The molecule has 0 saturated carbocycles. The Morgan fingerprint density at radius 2 is 1.04 bits per heavy atom. The second-order valence-corrected chi connectivity index (χ2v) is 13.6. The number of benzene rings is 4. The number of ether oxygens (including phenoxy) is 6. The van der Waals surface area contributed by atoms with Gasteiger partial charge in [0.15, 0.2) is 0 Å². The van der Waals surface area contributed by atoms with Gasteiger partial charge in [0.2, 0.25) is 0 Å². The number of phenolic OH excluding ortho intramolecular Hbond substituents is 2. The van der Waals surface area contributed by atoms with Crippen LogP contribution < -0.4 is 18.9 Å². The van der Waals surface area contributed by atoms with Crippen LogP contribution in [0.4, 0.5) is 0 Å². The Kier molecular flexibility index (Phi) is 9.66. The Hall–Kier alpha value is -4.86. The number of rotatable bonds is 11. The first kappa shape index (κ1) is 35.0. The standard InChI is InChI=1S/C40H46O10/c1-9-11-23-13-21-15-25-33(27(41)17-29(47-19(3)4)35(25)37(45-7)31(21)39(43)49-23)34-26-16-22-14-24(12-10-2)50-40(44)32(22)38(46-8)36(26)30(18-28(34)42)48-20(5)6/h15-20,23-24,41-42H,9-14H2,1-8H3/t23-,24-/m1/s1. The summed E-state index contributed by atoms with van der Waals surface area (Å²) in [7, 11) is 2.97. The smallest absolute Gasteiger partial charge is 0.342 e. The van der Waals surface area contributed by atoms with Crippen LogP contribution in [0.1, 0.15) is 99.1 Å². The molecule has 0 aliphatic carbocycles. The van der Waals surface area contributed by atoms with Gasteiger partial charge in [0.1, 0.15) is 57.8 Å². The fraction of sp³-hybridized carbons (Fsp3) is 0.450. The first-order valence-electron chi connectivity index (χ1n) is 17.5. The third-order valence-corrected chi connectivity index (χ3v) is 9.26. The Bertz CT molecular complexity index is 1850. The van der Waals surface area contributed by atoms with E-state index in [1.807, 2.05) is 53.7 Å². The lowest BCUT2D eigenvalue weighted by atomic mass is 9.85. The maximum absolute atomic E-state index is 13.5. The molecule has 6 rings (SSSR count). The van der Waals surface area contributed by atoms with E-state index in [4.69, 9.17) is 28.4 Å². The molecule has 4 aromatic rings. The minimum absolute atomic E-state index is 0.160. The Labute approximate surface area is 292 Å². The molecular weight excluding hydrogens is 640 g/mol. The maximum Gasteiger partial charge on any atom is 0.342 e. The van der Waals surface area contributed by atoms with E-state index in [9.17, 15) is 19.8 Å². The molecule has 2 aliphatic heterocycles. The van der Waals surface area contributed by atoms with Gasteiger partial charge >= 0.3 is 11.9 Å². The highest BCUT2D eigenvalue weighted by Gasteiger charge is 2.36. The Morgan fingerprint density at radius 1 is 0.660 bits per heavy atom. The molecule has 0 fully saturated rings. The van der Waals surface area contributed by atoms with Crippen molar-refractivity contribution in [1.29, 1.82) is 0 Å². The summed E-state index contributed by atoms with van der Waals surface area (Å²) in [6.07, 6.45) is 2.76. The molecule has 0 aromatic heterocycles. The fourth-order valence-electron chi connectivity index (χ4n) is 7.48. The number of esters is 2. The fourth-order valence-corrected chi connectivity index (χ4v) is 7.48. The van der Waals surface area contributed by atoms with Crippen molar-refractivity contribution in [2.75, 3.05) is 14.2 Å². The lowest BCUT2D eigenvalue weighted by Gasteiger charge is -2.29. The van der Waals surface area contributed by atoms with E-state index >= 15 is 0 Å². The second-order valence-electron chi connectivity index (χ2n) is 13.6. The topological polar surface area (TPSA) is 130 Å². The number of phenols is 2. The molecule has 0 spiro atoms. The van der Waals surface area contributed by atoms with Gasteiger partial charge in [0, 0.05) is 46.9 Å². The molecule has 10 heteroatoms. The molecule has 0 unspecified atom stereocenters. The zero-order chi connectivity index (χ0) is 36.0. The average Bonchev–Trinajstić information content (AvgIpc) is 3.03. The maximum atomic E-state index is 13.5.